The lowest BCUT2D eigenvalue weighted by Gasteiger charge is -2.20. The molecule has 1 aromatic carbocycles. The van der Waals surface area contributed by atoms with Crippen LogP contribution in [0.2, 0.25) is 0 Å². The first-order valence-electron chi connectivity index (χ1n) is 5.46. The molecule has 0 radical (unpaired) electrons. The Morgan fingerprint density at radius 2 is 2.31 bits per heavy atom. The Balaban J connectivity index is 2.41. The highest BCUT2D eigenvalue weighted by molar-refractivity contribution is 5.84. The third kappa shape index (κ3) is 1.80. The first-order valence-corrected chi connectivity index (χ1v) is 5.46. The van der Waals surface area contributed by atoms with E-state index in [-0.39, 0.29) is 11.7 Å². The number of rotatable bonds is 1. The van der Waals surface area contributed by atoms with E-state index in [1.54, 1.807) is 11.0 Å². The molecule has 4 heteroatoms. The molecule has 1 unspecified atom stereocenters. The van der Waals surface area contributed by atoms with E-state index in [4.69, 9.17) is 5.73 Å². The van der Waals surface area contributed by atoms with Crippen molar-refractivity contribution >= 4 is 5.91 Å². The molecular formula is C12H15FN2O. The van der Waals surface area contributed by atoms with E-state index in [1.807, 2.05) is 6.92 Å². The van der Waals surface area contributed by atoms with E-state index >= 15 is 0 Å². The van der Waals surface area contributed by atoms with Crippen LogP contribution in [0.1, 0.15) is 24.1 Å². The number of carbonyl (C=O) groups is 1. The van der Waals surface area contributed by atoms with Crippen molar-refractivity contribution in [3.63, 3.8) is 0 Å². The Kier molecular flexibility index (Phi) is 2.92. The lowest BCUT2D eigenvalue weighted by molar-refractivity contribution is -0.132. The highest BCUT2D eigenvalue weighted by atomic mass is 19.1. The average molecular weight is 222 g/mol. The van der Waals surface area contributed by atoms with Gasteiger partial charge in [0.2, 0.25) is 5.91 Å². The normalized spacial score (nSPS) is 20.6. The number of nitrogens with zero attached hydrogens (tertiary/aromatic N) is 1. The Hall–Kier alpha value is -1.42. The minimum atomic E-state index is -0.655. The summed E-state index contributed by atoms with van der Waals surface area (Å²) < 4.78 is 13.1. The molecule has 2 N–H and O–H groups in total. The Morgan fingerprint density at radius 3 is 3.00 bits per heavy atom. The van der Waals surface area contributed by atoms with Crippen LogP contribution in [0, 0.1) is 5.82 Å². The molecule has 0 aromatic heterocycles. The number of fused-ring (bicyclic) bond motifs is 1. The fraction of sp³-hybridized carbons (Fsp3) is 0.417. The third-order valence-corrected chi connectivity index (χ3v) is 3.05. The van der Waals surface area contributed by atoms with E-state index in [2.05, 4.69) is 0 Å². The zero-order valence-corrected chi connectivity index (χ0v) is 9.24. The van der Waals surface area contributed by atoms with E-state index in [0.717, 1.165) is 11.1 Å². The minimum Gasteiger partial charge on any atom is -0.341 e. The van der Waals surface area contributed by atoms with Gasteiger partial charge in [-0.15, -0.1) is 0 Å². The van der Waals surface area contributed by atoms with Crippen LogP contribution in [0.3, 0.4) is 0 Å². The number of benzene rings is 1. The van der Waals surface area contributed by atoms with Crippen molar-refractivity contribution in [2.45, 2.75) is 19.4 Å². The summed E-state index contributed by atoms with van der Waals surface area (Å²) in [5, 5.41) is 0. The highest BCUT2D eigenvalue weighted by Gasteiger charge is 2.27. The largest absolute Gasteiger partial charge is 0.341 e. The first-order chi connectivity index (χ1) is 7.63. The maximum Gasteiger partial charge on any atom is 0.244 e. The van der Waals surface area contributed by atoms with Gasteiger partial charge in [0.1, 0.15) is 11.9 Å². The van der Waals surface area contributed by atoms with Gasteiger partial charge in [-0.3, -0.25) is 4.79 Å². The predicted octanol–water partition coefficient (Wildman–Crippen LogP) is 1.23. The molecule has 1 aliphatic heterocycles. The van der Waals surface area contributed by atoms with E-state index in [9.17, 15) is 9.18 Å². The Bertz CT molecular complexity index is 419. The zero-order chi connectivity index (χ0) is 11.7. The predicted molar refractivity (Wildman–Crippen MR) is 59.3 cm³/mol. The maximum atomic E-state index is 13.1. The summed E-state index contributed by atoms with van der Waals surface area (Å²) in [5.74, 6) is -0.351. The molecule has 0 saturated heterocycles. The number of halogens is 1. The van der Waals surface area contributed by atoms with Crippen molar-refractivity contribution in [3.05, 3.63) is 35.1 Å². The van der Waals surface area contributed by atoms with E-state index in [1.165, 1.54) is 12.1 Å². The summed E-state index contributed by atoms with van der Waals surface area (Å²) in [5.41, 5.74) is 7.49. The molecule has 1 amide bonds. The molecule has 0 aliphatic carbocycles. The first kappa shape index (κ1) is 11.1. The van der Waals surface area contributed by atoms with Gasteiger partial charge in [-0.05, 0) is 36.6 Å². The molecule has 1 heterocycles. The number of hydrogen-bond acceptors (Lipinski definition) is 2. The van der Waals surface area contributed by atoms with Gasteiger partial charge in [0.15, 0.2) is 0 Å². The molecule has 0 saturated carbocycles. The monoisotopic (exact) mass is 222 g/mol. The summed E-state index contributed by atoms with van der Waals surface area (Å²) in [6, 6.07) is 3.79. The minimum absolute atomic E-state index is 0.0761. The van der Waals surface area contributed by atoms with Crippen molar-refractivity contribution in [1.82, 2.24) is 4.90 Å². The molecule has 2 rings (SSSR count). The van der Waals surface area contributed by atoms with Gasteiger partial charge in [0.25, 0.3) is 0 Å². The number of nitrogens with two attached hydrogens (primary N) is 1. The maximum absolute atomic E-state index is 13.1. The van der Waals surface area contributed by atoms with Crippen molar-refractivity contribution < 1.29 is 9.18 Å². The van der Waals surface area contributed by atoms with Crippen molar-refractivity contribution in [3.8, 4) is 0 Å². The van der Waals surface area contributed by atoms with Gasteiger partial charge >= 0.3 is 0 Å². The fourth-order valence-corrected chi connectivity index (χ4v) is 2.10. The van der Waals surface area contributed by atoms with Crippen LogP contribution in [0.15, 0.2) is 18.2 Å². The van der Waals surface area contributed by atoms with Crippen LogP contribution in [0.25, 0.3) is 0 Å². The van der Waals surface area contributed by atoms with Gasteiger partial charge in [-0.25, -0.2) is 4.39 Å². The third-order valence-electron chi connectivity index (χ3n) is 3.05. The Labute approximate surface area is 94.0 Å². The van der Waals surface area contributed by atoms with Crippen LogP contribution in [-0.4, -0.2) is 23.9 Å². The van der Waals surface area contributed by atoms with Gasteiger partial charge in [-0.1, -0.05) is 6.07 Å². The highest BCUT2D eigenvalue weighted by Crippen LogP contribution is 2.23. The topological polar surface area (TPSA) is 46.3 Å². The smallest absolute Gasteiger partial charge is 0.244 e. The second-order valence-corrected chi connectivity index (χ2v) is 3.99. The molecule has 0 fully saturated rings. The fourth-order valence-electron chi connectivity index (χ4n) is 2.10. The van der Waals surface area contributed by atoms with Crippen LogP contribution in [-0.2, 0) is 11.2 Å². The molecule has 3 nitrogen and oxygen atoms in total. The Morgan fingerprint density at radius 1 is 1.56 bits per heavy atom. The molecule has 86 valence electrons. The number of likely N-dealkylation sites (N-methyl/N-ethyl adjacent to an activating group) is 1. The molecular weight excluding hydrogens is 207 g/mol. The average Bonchev–Trinajstić information content (AvgIpc) is 2.38. The van der Waals surface area contributed by atoms with Gasteiger partial charge in [0, 0.05) is 13.1 Å². The second-order valence-electron chi connectivity index (χ2n) is 3.99. The quantitative estimate of drug-likeness (QED) is 0.776. The van der Waals surface area contributed by atoms with Crippen molar-refractivity contribution in [2.24, 2.45) is 5.73 Å². The van der Waals surface area contributed by atoms with Crippen molar-refractivity contribution in [2.75, 3.05) is 13.1 Å². The molecule has 0 bridgehead atoms. The van der Waals surface area contributed by atoms with Gasteiger partial charge in [-0.2, -0.15) is 0 Å². The molecule has 16 heavy (non-hydrogen) atoms. The van der Waals surface area contributed by atoms with Crippen molar-refractivity contribution in [1.29, 1.82) is 0 Å². The number of amides is 1. The lowest BCUT2D eigenvalue weighted by Crippen LogP contribution is -2.37. The molecule has 1 atom stereocenters. The van der Waals surface area contributed by atoms with E-state index in [0.29, 0.717) is 19.5 Å². The summed E-state index contributed by atoms with van der Waals surface area (Å²) >= 11 is 0. The summed E-state index contributed by atoms with van der Waals surface area (Å²) in [4.78, 5) is 13.6. The van der Waals surface area contributed by atoms with Crippen LogP contribution >= 0.6 is 0 Å². The standard InChI is InChI=1S/C12H15FN2O/c1-2-15-6-5-8-7-9(13)3-4-10(8)11(14)12(15)16/h3-4,7,11H,2,5-6,14H2,1H3. The number of hydrogen-bond donors (Lipinski definition) is 1. The summed E-state index contributed by atoms with van der Waals surface area (Å²) in [7, 11) is 0. The summed E-state index contributed by atoms with van der Waals surface area (Å²) in [6.07, 6.45) is 0.667. The summed E-state index contributed by atoms with van der Waals surface area (Å²) in [6.45, 7) is 3.17. The van der Waals surface area contributed by atoms with E-state index < -0.39 is 6.04 Å². The van der Waals surface area contributed by atoms with Gasteiger partial charge < -0.3 is 10.6 Å². The van der Waals surface area contributed by atoms with Crippen LogP contribution in [0.5, 0.6) is 0 Å². The zero-order valence-electron chi connectivity index (χ0n) is 9.24. The molecule has 1 aliphatic rings. The molecule has 0 spiro atoms. The van der Waals surface area contributed by atoms with Crippen LogP contribution < -0.4 is 5.73 Å². The lowest BCUT2D eigenvalue weighted by atomic mass is 10.00. The second kappa shape index (κ2) is 4.22. The SMILES string of the molecule is CCN1CCc2cc(F)ccc2C(N)C1=O. The van der Waals surface area contributed by atoms with Gasteiger partial charge in [0.05, 0.1) is 0 Å². The van der Waals surface area contributed by atoms with Crippen LogP contribution in [0.4, 0.5) is 4.39 Å². The molecule has 1 aromatic rings. The number of carbonyl (C=O) groups excluding carboxylic acids is 1.